The van der Waals surface area contributed by atoms with Gasteiger partial charge in [0.05, 0.1) is 24.2 Å². The SMILES string of the molecule is COCc1c[c]c2c3c(C(N)=O)cccc3n(Cc3cc(F)cc(F)c3F)c2c1. The summed E-state index contributed by atoms with van der Waals surface area (Å²) in [6, 6.07) is 13.1. The molecule has 0 saturated carbocycles. The highest BCUT2D eigenvalue weighted by Crippen LogP contribution is 2.33. The molecule has 0 saturated heterocycles. The van der Waals surface area contributed by atoms with E-state index in [0.717, 1.165) is 11.6 Å². The third kappa shape index (κ3) is 3.23. The number of hydrogen-bond donors (Lipinski definition) is 1. The molecule has 4 nitrogen and oxygen atoms in total. The molecule has 0 aliphatic carbocycles. The molecular formula is C22H16F3N2O2. The Bertz CT molecular complexity index is 1260. The van der Waals surface area contributed by atoms with E-state index >= 15 is 0 Å². The predicted octanol–water partition coefficient (Wildman–Crippen LogP) is 4.31. The maximum atomic E-state index is 14.3. The van der Waals surface area contributed by atoms with Crippen LogP contribution in [-0.4, -0.2) is 17.6 Å². The van der Waals surface area contributed by atoms with Crippen molar-refractivity contribution in [1.29, 1.82) is 0 Å². The van der Waals surface area contributed by atoms with E-state index in [1.165, 1.54) is 0 Å². The molecule has 0 fully saturated rings. The summed E-state index contributed by atoms with van der Waals surface area (Å²) in [7, 11) is 1.55. The quantitative estimate of drug-likeness (QED) is 0.511. The van der Waals surface area contributed by atoms with E-state index in [2.05, 4.69) is 6.07 Å². The van der Waals surface area contributed by atoms with Gasteiger partial charge in [0.25, 0.3) is 0 Å². The zero-order valence-corrected chi connectivity index (χ0v) is 15.4. The molecule has 147 valence electrons. The molecule has 0 bridgehead atoms. The van der Waals surface area contributed by atoms with Crippen LogP contribution in [0.5, 0.6) is 0 Å². The van der Waals surface area contributed by atoms with Gasteiger partial charge in [0.2, 0.25) is 5.91 Å². The monoisotopic (exact) mass is 397 g/mol. The first kappa shape index (κ1) is 19.0. The van der Waals surface area contributed by atoms with E-state index in [1.54, 1.807) is 35.9 Å². The minimum absolute atomic E-state index is 0.146. The summed E-state index contributed by atoms with van der Waals surface area (Å²) in [4.78, 5) is 12.0. The zero-order valence-electron chi connectivity index (χ0n) is 15.4. The van der Waals surface area contributed by atoms with Gasteiger partial charge in [0, 0.05) is 35.1 Å². The maximum absolute atomic E-state index is 14.3. The highest BCUT2D eigenvalue weighted by molar-refractivity contribution is 6.17. The third-order valence-corrected chi connectivity index (χ3v) is 4.83. The third-order valence-electron chi connectivity index (χ3n) is 4.83. The molecule has 1 heterocycles. The average Bonchev–Trinajstić information content (AvgIpc) is 2.99. The Morgan fingerprint density at radius 2 is 1.97 bits per heavy atom. The van der Waals surface area contributed by atoms with E-state index in [0.29, 0.717) is 34.5 Å². The molecule has 0 aliphatic heterocycles. The summed E-state index contributed by atoms with van der Waals surface area (Å²) in [6.07, 6.45) is 0. The molecule has 0 atom stereocenters. The van der Waals surface area contributed by atoms with Crippen LogP contribution in [-0.2, 0) is 17.9 Å². The number of nitrogens with two attached hydrogens (primary N) is 1. The zero-order chi connectivity index (χ0) is 20.7. The number of hydrogen-bond acceptors (Lipinski definition) is 2. The number of carbonyl (C=O) groups is 1. The minimum atomic E-state index is -1.26. The number of nitrogens with zero attached hydrogens (tertiary/aromatic N) is 1. The largest absolute Gasteiger partial charge is 0.380 e. The first-order valence-corrected chi connectivity index (χ1v) is 8.78. The molecule has 29 heavy (non-hydrogen) atoms. The summed E-state index contributed by atoms with van der Waals surface area (Å²) in [6.45, 7) is 0.173. The number of primary amides is 1. The molecule has 1 radical (unpaired) electrons. The van der Waals surface area contributed by atoms with Crippen molar-refractivity contribution in [2.45, 2.75) is 13.2 Å². The van der Waals surface area contributed by atoms with Crippen molar-refractivity contribution in [3.8, 4) is 0 Å². The maximum Gasteiger partial charge on any atom is 0.249 e. The second kappa shape index (κ2) is 7.25. The fourth-order valence-corrected chi connectivity index (χ4v) is 3.62. The second-order valence-electron chi connectivity index (χ2n) is 6.71. The van der Waals surface area contributed by atoms with Crippen molar-refractivity contribution in [1.82, 2.24) is 4.57 Å². The Morgan fingerprint density at radius 1 is 1.17 bits per heavy atom. The number of halogens is 3. The summed E-state index contributed by atoms with van der Waals surface area (Å²) < 4.78 is 48.6. The number of fused-ring (bicyclic) bond motifs is 3. The summed E-state index contributed by atoms with van der Waals surface area (Å²) >= 11 is 0. The van der Waals surface area contributed by atoms with Gasteiger partial charge >= 0.3 is 0 Å². The van der Waals surface area contributed by atoms with Crippen LogP contribution in [0, 0.1) is 23.5 Å². The standard InChI is InChI=1S/C22H16F3N2O2/c1-29-11-12-5-6-15-19(7-12)27(10-13-8-14(23)9-17(24)21(13)25)18-4-2-3-16(20(15)18)22(26)28/h2-5,7-9H,10-11H2,1H3,(H2,26,28). The lowest BCUT2D eigenvalue weighted by Gasteiger charge is -2.10. The van der Waals surface area contributed by atoms with E-state index in [1.807, 2.05) is 6.07 Å². The molecule has 0 aliphatic rings. The normalized spacial score (nSPS) is 11.4. The molecule has 4 rings (SSSR count). The summed E-state index contributed by atoms with van der Waals surface area (Å²) in [5.74, 6) is -3.87. The van der Waals surface area contributed by atoms with Crippen molar-refractivity contribution in [3.05, 3.63) is 82.7 Å². The molecule has 3 aromatic carbocycles. The lowest BCUT2D eigenvalue weighted by molar-refractivity contribution is 0.100. The number of aromatic nitrogens is 1. The van der Waals surface area contributed by atoms with Crippen LogP contribution in [0.4, 0.5) is 13.2 Å². The highest BCUT2D eigenvalue weighted by atomic mass is 19.2. The Labute approximate surface area is 164 Å². The number of benzene rings is 3. The van der Waals surface area contributed by atoms with Gasteiger partial charge in [0.15, 0.2) is 11.6 Å². The van der Waals surface area contributed by atoms with Gasteiger partial charge in [-0.15, -0.1) is 0 Å². The number of amides is 1. The Hall–Kier alpha value is -3.32. The molecule has 1 aromatic heterocycles. The molecule has 7 heteroatoms. The van der Waals surface area contributed by atoms with Crippen molar-refractivity contribution in [3.63, 3.8) is 0 Å². The van der Waals surface area contributed by atoms with Crippen LogP contribution in [0.15, 0.2) is 42.5 Å². The first-order chi connectivity index (χ1) is 13.9. The Morgan fingerprint density at radius 3 is 2.69 bits per heavy atom. The van der Waals surface area contributed by atoms with Crippen LogP contribution < -0.4 is 5.73 Å². The molecule has 0 spiro atoms. The first-order valence-electron chi connectivity index (χ1n) is 8.78. The number of ether oxygens (including phenoxy) is 1. The van der Waals surface area contributed by atoms with Crippen molar-refractivity contribution < 1.29 is 22.7 Å². The van der Waals surface area contributed by atoms with Gasteiger partial charge in [-0.25, -0.2) is 13.2 Å². The van der Waals surface area contributed by atoms with Gasteiger partial charge < -0.3 is 15.0 Å². The van der Waals surface area contributed by atoms with Crippen molar-refractivity contribution in [2.24, 2.45) is 5.73 Å². The van der Waals surface area contributed by atoms with Crippen LogP contribution in [0.3, 0.4) is 0 Å². The van der Waals surface area contributed by atoms with Crippen LogP contribution in [0.2, 0.25) is 0 Å². The molecule has 2 N–H and O–H groups in total. The number of carbonyl (C=O) groups excluding carboxylic acids is 1. The smallest absolute Gasteiger partial charge is 0.249 e. The van der Waals surface area contributed by atoms with E-state index < -0.39 is 23.4 Å². The molecular weight excluding hydrogens is 381 g/mol. The fourth-order valence-electron chi connectivity index (χ4n) is 3.62. The van der Waals surface area contributed by atoms with Crippen LogP contribution >= 0.6 is 0 Å². The van der Waals surface area contributed by atoms with Gasteiger partial charge in [-0.3, -0.25) is 4.79 Å². The summed E-state index contributed by atoms with van der Waals surface area (Å²) in [5.41, 5.74) is 7.66. The van der Waals surface area contributed by atoms with Crippen molar-refractivity contribution >= 4 is 27.7 Å². The Balaban J connectivity index is 2.04. The topological polar surface area (TPSA) is 57.2 Å². The van der Waals surface area contributed by atoms with Crippen molar-refractivity contribution in [2.75, 3.05) is 7.11 Å². The average molecular weight is 397 g/mol. The van der Waals surface area contributed by atoms with Crippen LogP contribution in [0.25, 0.3) is 21.8 Å². The predicted molar refractivity (Wildman–Crippen MR) is 103 cm³/mol. The van der Waals surface area contributed by atoms with E-state index in [-0.39, 0.29) is 17.7 Å². The van der Waals surface area contributed by atoms with Gasteiger partial charge in [-0.1, -0.05) is 6.07 Å². The van der Waals surface area contributed by atoms with E-state index in [9.17, 15) is 18.0 Å². The van der Waals surface area contributed by atoms with Gasteiger partial charge in [0.1, 0.15) is 5.82 Å². The number of methoxy groups -OCH3 is 1. The highest BCUT2D eigenvalue weighted by Gasteiger charge is 2.19. The molecule has 4 aromatic rings. The second-order valence-corrected chi connectivity index (χ2v) is 6.71. The van der Waals surface area contributed by atoms with Crippen LogP contribution in [0.1, 0.15) is 21.5 Å². The fraction of sp³-hybridized carbons (Fsp3) is 0.136. The van der Waals surface area contributed by atoms with Gasteiger partial charge in [-0.2, -0.15) is 0 Å². The summed E-state index contributed by atoms with van der Waals surface area (Å²) in [5, 5.41) is 1.16. The van der Waals surface area contributed by atoms with Gasteiger partial charge in [-0.05, 0) is 42.0 Å². The van der Waals surface area contributed by atoms with E-state index in [4.69, 9.17) is 10.5 Å². The minimum Gasteiger partial charge on any atom is -0.380 e. The lowest BCUT2D eigenvalue weighted by Crippen LogP contribution is -2.11. The number of rotatable bonds is 5. The lowest BCUT2D eigenvalue weighted by atomic mass is 10.0. The molecule has 0 unspecified atom stereocenters. The Kier molecular flexibility index (Phi) is 4.76. The molecule has 1 amide bonds.